The normalized spacial score (nSPS) is 24.5. The molecule has 118 valence electrons. The summed E-state index contributed by atoms with van der Waals surface area (Å²) in [6, 6.07) is 29.4. The molecule has 5 rings (SSSR count). The van der Waals surface area contributed by atoms with E-state index in [9.17, 15) is 0 Å². The molecule has 3 aromatic rings. The summed E-state index contributed by atoms with van der Waals surface area (Å²) < 4.78 is 0. The van der Waals surface area contributed by atoms with E-state index in [-0.39, 0.29) is 5.54 Å². The number of hydrogen-bond acceptors (Lipinski definition) is 1. The van der Waals surface area contributed by atoms with E-state index in [1.165, 1.54) is 27.8 Å². The van der Waals surface area contributed by atoms with E-state index in [4.69, 9.17) is 0 Å². The first-order valence-corrected chi connectivity index (χ1v) is 8.77. The van der Waals surface area contributed by atoms with Gasteiger partial charge in [-0.1, -0.05) is 78.9 Å². The standard InChI is InChI=1S/C23H21N/c1-23-20-13-7-5-11-18(20)15-22(19-12-6-8-14-21(19)23)24(23)16-17-9-3-2-4-10-17/h2-14,22H,15-16H2,1H3. The molecule has 2 heterocycles. The molecule has 0 N–H and O–H groups in total. The van der Waals surface area contributed by atoms with Gasteiger partial charge in [0.1, 0.15) is 0 Å². The second kappa shape index (κ2) is 5.06. The topological polar surface area (TPSA) is 3.24 Å². The molecule has 0 saturated carbocycles. The van der Waals surface area contributed by atoms with Crippen molar-refractivity contribution >= 4 is 0 Å². The van der Waals surface area contributed by atoms with E-state index in [0.29, 0.717) is 6.04 Å². The minimum absolute atomic E-state index is 0.0358. The SMILES string of the molecule is CC12c3ccccc3CC(c3ccccc31)N2Cc1ccccc1. The number of benzene rings is 3. The molecule has 0 fully saturated rings. The highest BCUT2D eigenvalue weighted by Gasteiger charge is 2.51. The minimum Gasteiger partial charge on any atom is -0.278 e. The first kappa shape index (κ1) is 14.0. The maximum Gasteiger partial charge on any atom is 0.0700 e. The van der Waals surface area contributed by atoms with E-state index in [0.717, 1.165) is 13.0 Å². The Hall–Kier alpha value is -2.38. The molecular formula is C23H21N. The van der Waals surface area contributed by atoms with Crippen molar-refractivity contribution in [1.82, 2.24) is 4.90 Å². The predicted octanol–water partition coefficient (Wildman–Crippen LogP) is 5.06. The molecule has 1 nitrogen and oxygen atoms in total. The maximum atomic E-state index is 2.70. The summed E-state index contributed by atoms with van der Waals surface area (Å²) in [5, 5.41) is 0. The summed E-state index contributed by atoms with van der Waals surface area (Å²) >= 11 is 0. The van der Waals surface area contributed by atoms with Crippen molar-refractivity contribution in [2.24, 2.45) is 0 Å². The summed E-state index contributed by atoms with van der Waals surface area (Å²) in [4.78, 5) is 2.70. The first-order valence-electron chi connectivity index (χ1n) is 8.77. The lowest BCUT2D eigenvalue weighted by Gasteiger charge is -2.44. The van der Waals surface area contributed by atoms with Gasteiger partial charge in [0.2, 0.25) is 0 Å². The van der Waals surface area contributed by atoms with Crippen LogP contribution in [0.2, 0.25) is 0 Å². The Labute approximate surface area is 143 Å². The van der Waals surface area contributed by atoms with E-state index in [1.54, 1.807) is 0 Å². The van der Waals surface area contributed by atoms with Crippen LogP contribution < -0.4 is 0 Å². The molecule has 2 aliphatic heterocycles. The van der Waals surface area contributed by atoms with Crippen molar-refractivity contribution in [2.45, 2.75) is 31.5 Å². The van der Waals surface area contributed by atoms with Crippen LogP contribution in [0.5, 0.6) is 0 Å². The van der Waals surface area contributed by atoms with Crippen LogP contribution in [-0.4, -0.2) is 4.90 Å². The van der Waals surface area contributed by atoms with Crippen LogP contribution in [0.15, 0.2) is 78.9 Å². The quantitative estimate of drug-likeness (QED) is 0.639. The number of fused-ring (bicyclic) bond motifs is 7. The summed E-state index contributed by atoms with van der Waals surface area (Å²) in [6.45, 7) is 3.40. The van der Waals surface area contributed by atoms with Crippen molar-refractivity contribution in [3.05, 3.63) is 107 Å². The molecular weight excluding hydrogens is 290 g/mol. The summed E-state index contributed by atoms with van der Waals surface area (Å²) in [6.07, 6.45) is 1.11. The zero-order valence-corrected chi connectivity index (χ0v) is 13.9. The molecule has 2 unspecified atom stereocenters. The van der Waals surface area contributed by atoms with Crippen molar-refractivity contribution in [3.8, 4) is 0 Å². The highest BCUT2D eigenvalue weighted by atomic mass is 15.3. The summed E-state index contributed by atoms with van der Waals surface area (Å²) in [5.41, 5.74) is 7.32. The fourth-order valence-electron chi connectivity index (χ4n) is 4.82. The molecule has 1 heteroatoms. The van der Waals surface area contributed by atoms with Gasteiger partial charge in [0.15, 0.2) is 0 Å². The van der Waals surface area contributed by atoms with Gasteiger partial charge in [-0.3, -0.25) is 4.90 Å². The lowest BCUT2D eigenvalue weighted by molar-refractivity contribution is 0.0864. The van der Waals surface area contributed by atoms with Gasteiger partial charge in [-0.2, -0.15) is 0 Å². The van der Waals surface area contributed by atoms with Gasteiger partial charge in [-0.15, -0.1) is 0 Å². The van der Waals surface area contributed by atoms with Crippen LogP contribution in [0.4, 0.5) is 0 Å². The molecule has 3 aromatic carbocycles. The van der Waals surface area contributed by atoms with Crippen LogP contribution in [0.25, 0.3) is 0 Å². The Morgan fingerprint density at radius 2 is 1.50 bits per heavy atom. The zero-order valence-electron chi connectivity index (χ0n) is 13.9. The number of hydrogen-bond donors (Lipinski definition) is 0. The Morgan fingerprint density at radius 1 is 0.833 bits per heavy atom. The van der Waals surface area contributed by atoms with Crippen molar-refractivity contribution < 1.29 is 0 Å². The molecule has 0 aliphatic carbocycles. The lowest BCUT2D eigenvalue weighted by atomic mass is 9.80. The van der Waals surface area contributed by atoms with Crippen LogP contribution in [0.1, 0.15) is 40.8 Å². The summed E-state index contributed by atoms with van der Waals surface area (Å²) in [7, 11) is 0. The third-order valence-electron chi connectivity index (χ3n) is 5.95. The fourth-order valence-corrected chi connectivity index (χ4v) is 4.82. The third kappa shape index (κ3) is 1.79. The second-order valence-corrected chi connectivity index (χ2v) is 7.15. The molecule has 2 atom stereocenters. The van der Waals surface area contributed by atoms with E-state index in [1.807, 2.05) is 0 Å². The Balaban J connectivity index is 1.70. The molecule has 0 saturated heterocycles. The van der Waals surface area contributed by atoms with Gasteiger partial charge < -0.3 is 0 Å². The van der Waals surface area contributed by atoms with Gasteiger partial charge in [0, 0.05) is 12.6 Å². The molecule has 0 amide bonds. The molecule has 0 aromatic heterocycles. The van der Waals surface area contributed by atoms with Crippen LogP contribution in [0.3, 0.4) is 0 Å². The van der Waals surface area contributed by atoms with Gasteiger partial charge in [0.25, 0.3) is 0 Å². The van der Waals surface area contributed by atoms with E-state index >= 15 is 0 Å². The Morgan fingerprint density at radius 3 is 2.33 bits per heavy atom. The van der Waals surface area contributed by atoms with Gasteiger partial charge in [-0.25, -0.2) is 0 Å². The van der Waals surface area contributed by atoms with E-state index < -0.39 is 0 Å². The minimum atomic E-state index is -0.0358. The molecule has 2 aliphatic rings. The number of nitrogens with zero attached hydrogens (tertiary/aromatic N) is 1. The van der Waals surface area contributed by atoms with Crippen molar-refractivity contribution in [1.29, 1.82) is 0 Å². The fraction of sp³-hybridized carbons (Fsp3) is 0.217. The molecule has 24 heavy (non-hydrogen) atoms. The van der Waals surface area contributed by atoms with Crippen molar-refractivity contribution in [2.75, 3.05) is 0 Å². The molecule has 0 radical (unpaired) electrons. The smallest absolute Gasteiger partial charge is 0.0700 e. The molecule has 0 spiro atoms. The van der Waals surface area contributed by atoms with Crippen LogP contribution in [-0.2, 0) is 18.5 Å². The number of rotatable bonds is 2. The van der Waals surface area contributed by atoms with Gasteiger partial charge in [-0.05, 0) is 41.2 Å². The predicted molar refractivity (Wildman–Crippen MR) is 97.8 cm³/mol. The monoisotopic (exact) mass is 311 g/mol. The highest BCUT2D eigenvalue weighted by molar-refractivity contribution is 5.54. The van der Waals surface area contributed by atoms with Crippen LogP contribution in [0, 0.1) is 0 Å². The maximum absolute atomic E-state index is 2.70. The highest BCUT2D eigenvalue weighted by Crippen LogP contribution is 2.55. The average molecular weight is 311 g/mol. The first-order chi connectivity index (χ1) is 11.8. The Kier molecular flexibility index (Phi) is 2.95. The van der Waals surface area contributed by atoms with Crippen LogP contribution >= 0.6 is 0 Å². The third-order valence-corrected chi connectivity index (χ3v) is 5.95. The zero-order chi connectivity index (χ0) is 16.1. The average Bonchev–Trinajstić information content (AvgIpc) is 2.80. The van der Waals surface area contributed by atoms with E-state index in [2.05, 4.69) is 90.7 Å². The second-order valence-electron chi connectivity index (χ2n) is 7.15. The van der Waals surface area contributed by atoms with Gasteiger partial charge in [0.05, 0.1) is 5.54 Å². The largest absolute Gasteiger partial charge is 0.278 e. The van der Waals surface area contributed by atoms with Crippen molar-refractivity contribution in [3.63, 3.8) is 0 Å². The lowest BCUT2D eigenvalue weighted by Crippen LogP contribution is -2.44. The Bertz CT molecular complexity index is 886. The van der Waals surface area contributed by atoms with Gasteiger partial charge >= 0.3 is 0 Å². The summed E-state index contributed by atoms with van der Waals surface area (Å²) in [5.74, 6) is 0. The molecule has 2 bridgehead atoms.